The van der Waals surface area contributed by atoms with Crippen molar-refractivity contribution in [3.63, 3.8) is 0 Å². The van der Waals surface area contributed by atoms with Gasteiger partial charge in [-0.15, -0.1) is 0 Å². The maximum Gasteiger partial charge on any atom is 0.416 e. The van der Waals surface area contributed by atoms with E-state index in [9.17, 15) is 22.8 Å². The molecule has 0 spiro atoms. The fraction of sp³-hybridized carbons (Fsp3) is 0.150. The zero-order chi connectivity index (χ0) is 22.1. The summed E-state index contributed by atoms with van der Waals surface area (Å²) in [5.41, 5.74) is 8.61. The summed E-state index contributed by atoms with van der Waals surface area (Å²) in [7, 11) is 0. The van der Waals surface area contributed by atoms with Crippen LogP contribution >= 0.6 is 0 Å². The van der Waals surface area contributed by atoms with E-state index in [1.165, 1.54) is 31.2 Å². The summed E-state index contributed by atoms with van der Waals surface area (Å²) in [5.74, 6) is -0.481. The van der Waals surface area contributed by atoms with Crippen LogP contribution in [0.3, 0.4) is 0 Å². The monoisotopic (exact) mass is 417 g/mol. The molecule has 4 N–H and O–H groups in total. The molecule has 7 nitrogen and oxygen atoms in total. The molecule has 0 saturated carbocycles. The number of hydrazone groups is 1. The molecule has 3 aromatic rings. The van der Waals surface area contributed by atoms with Gasteiger partial charge in [0.2, 0.25) is 0 Å². The molecule has 0 fully saturated rings. The minimum Gasteiger partial charge on any atom is -0.399 e. The number of rotatable bonds is 4. The highest BCUT2D eigenvalue weighted by atomic mass is 19.4. The van der Waals surface area contributed by atoms with Gasteiger partial charge < -0.3 is 5.73 Å². The molecule has 156 valence electrons. The number of nitrogens with two attached hydrogens (primary N) is 1. The third kappa shape index (κ3) is 4.27. The molecule has 0 bridgehead atoms. The Bertz CT molecular complexity index is 1160. The van der Waals surface area contributed by atoms with E-state index in [2.05, 4.69) is 15.6 Å². The number of carbonyl (C=O) groups is 1. The van der Waals surface area contributed by atoms with Crippen LogP contribution in [0, 0.1) is 6.92 Å². The van der Waals surface area contributed by atoms with Crippen LogP contribution < -0.4 is 16.7 Å². The highest BCUT2D eigenvalue weighted by Crippen LogP contribution is 2.29. The molecule has 1 amide bonds. The van der Waals surface area contributed by atoms with Gasteiger partial charge in [0.1, 0.15) is 0 Å². The van der Waals surface area contributed by atoms with Gasteiger partial charge in [0, 0.05) is 16.9 Å². The average molecular weight is 417 g/mol. The molecule has 0 radical (unpaired) electrons. The Hall–Kier alpha value is -3.82. The third-order valence-corrected chi connectivity index (χ3v) is 4.38. The number of aromatic nitrogens is 2. The SMILES string of the molecule is C/C(=N/NC(=O)c1ccc(N)cc1)c1c(C)[nH]n(-c2ccc(C(F)(F)F)cc2)c1=O. The number of aromatic amines is 1. The molecule has 0 atom stereocenters. The van der Waals surface area contributed by atoms with E-state index in [1.807, 2.05) is 0 Å². The molecule has 30 heavy (non-hydrogen) atoms. The second kappa shape index (κ2) is 7.90. The molecule has 0 saturated heterocycles. The Morgan fingerprint density at radius 3 is 2.27 bits per heavy atom. The molecule has 1 aromatic heterocycles. The van der Waals surface area contributed by atoms with Gasteiger partial charge >= 0.3 is 6.18 Å². The Kier molecular flexibility index (Phi) is 5.50. The molecule has 0 unspecified atom stereocenters. The smallest absolute Gasteiger partial charge is 0.399 e. The Balaban J connectivity index is 1.85. The van der Waals surface area contributed by atoms with Gasteiger partial charge in [-0.3, -0.25) is 14.7 Å². The lowest BCUT2D eigenvalue weighted by atomic mass is 10.2. The number of halogens is 3. The molecule has 2 aromatic carbocycles. The summed E-state index contributed by atoms with van der Waals surface area (Å²) in [6.07, 6.45) is -4.47. The summed E-state index contributed by atoms with van der Waals surface area (Å²) < 4.78 is 39.3. The number of nitrogens with one attached hydrogen (secondary N) is 2. The van der Waals surface area contributed by atoms with E-state index in [-0.39, 0.29) is 17.0 Å². The van der Waals surface area contributed by atoms with Gasteiger partial charge in [0.15, 0.2) is 0 Å². The van der Waals surface area contributed by atoms with Crippen molar-refractivity contribution in [2.24, 2.45) is 5.10 Å². The van der Waals surface area contributed by atoms with E-state index in [4.69, 9.17) is 5.73 Å². The van der Waals surface area contributed by atoms with E-state index < -0.39 is 23.2 Å². The molecule has 0 aliphatic carbocycles. The van der Waals surface area contributed by atoms with Crippen molar-refractivity contribution in [3.8, 4) is 5.69 Å². The van der Waals surface area contributed by atoms with E-state index in [0.29, 0.717) is 16.9 Å². The molecule has 0 aliphatic heterocycles. The topological polar surface area (TPSA) is 105 Å². The highest BCUT2D eigenvalue weighted by molar-refractivity contribution is 6.01. The quantitative estimate of drug-likeness (QED) is 0.345. The van der Waals surface area contributed by atoms with Crippen LogP contribution in [0.5, 0.6) is 0 Å². The predicted molar refractivity (Wildman–Crippen MR) is 107 cm³/mol. The molecular formula is C20H18F3N5O2. The van der Waals surface area contributed by atoms with E-state index in [0.717, 1.165) is 16.8 Å². The molecular weight excluding hydrogens is 399 g/mol. The number of hydrogen-bond donors (Lipinski definition) is 3. The maximum atomic E-state index is 12.8. The van der Waals surface area contributed by atoms with Gasteiger partial charge in [-0.1, -0.05) is 0 Å². The number of aryl methyl sites for hydroxylation is 1. The van der Waals surface area contributed by atoms with Gasteiger partial charge in [0.25, 0.3) is 11.5 Å². The summed E-state index contributed by atoms with van der Waals surface area (Å²) in [6, 6.07) is 10.4. The fourth-order valence-corrected chi connectivity index (χ4v) is 2.84. The largest absolute Gasteiger partial charge is 0.416 e. The minimum absolute atomic E-state index is 0.201. The number of amides is 1. The van der Waals surface area contributed by atoms with Gasteiger partial charge in [-0.05, 0) is 62.4 Å². The lowest BCUT2D eigenvalue weighted by Crippen LogP contribution is -2.23. The summed E-state index contributed by atoms with van der Waals surface area (Å²) >= 11 is 0. The minimum atomic E-state index is -4.47. The van der Waals surface area contributed by atoms with Crippen molar-refractivity contribution in [3.05, 3.63) is 81.3 Å². The van der Waals surface area contributed by atoms with Crippen molar-refractivity contribution >= 4 is 17.3 Å². The first-order valence-corrected chi connectivity index (χ1v) is 8.77. The molecule has 0 aliphatic rings. The Labute approximate surface area is 169 Å². The lowest BCUT2D eigenvalue weighted by Gasteiger charge is -2.07. The number of nitrogens with zero attached hydrogens (tertiary/aromatic N) is 2. The van der Waals surface area contributed by atoms with Crippen molar-refractivity contribution in [2.75, 3.05) is 5.73 Å². The predicted octanol–water partition coefficient (Wildman–Crippen LogP) is 3.23. The number of benzene rings is 2. The third-order valence-electron chi connectivity index (χ3n) is 4.38. The van der Waals surface area contributed by atoms with Crippen molar-refractivity contribution in [1.29, 1.82) is 0 Å². The number of alkyl halides is 3. The second-order valence-electron chi connectivity index (χ2n) is 6.56. The van der Waals surface area contributed by atoms with Crippen molar-refractivity contribution < 1.29 is 18.0 Å². The molecule has 3 rings (SSSR count). The van der Waals surface area contributed by atoms with Crippen LogP contribution in [0.2, 0.25) is 0 Å². The van der Waals surface area contributed by atoms with Crippen molar-refractivity contribution in [1.82, 2.24) is 15.2 Å². The van der Waals surface area contributed by atoms with Crippen LogP contribution in [0.4, 0.5) is 18.9 Å². The van der Waals surface area contributed by atoms with Crippen molar-refractivity contribution in [2.45, 2.75) is 20.0 Å². The number of anilines is 1. The lowest BCUT2D eigenvalue weighted by molar-refractivity contribution is -0.137. The Morgan fingerprint density at radius 1 is 1.10 bits per heavy atom. The van der Waals surface area contributed by atoms with E-state index >= 15 is 0 Å². The number of H-pyrrole nitrogens is 1. The van der Waals surface area contributed by atoms with Gasteiger partial charge in [0.05, 0.1) is 22.5 Å². The first-order chi connectivity index (χ1) is 14.1. The summed E-state index contributed by atoms with van der Waals surface area (Å²) in [6.45, 7) is 3.16. The highest BCUT2D eigenvalue weighted by Gasteiger charge is 2.30. The van der Waals surface area contributed by atoms with Crippen LogP contribution in [0.1, 0.15) is 34.1 Å². The average Bonchev–Trinajstić information content (AvgIpc) is 3.00. The van der Waals surface area contributed by atoms with Crippen LogP contribution in [-0.2, 0) is 6.18 Å². The van der Waals surface area contributed by atoms with Crippen LogP contribution in [0.15, 0.2) is 58.4 Å². The molecule has 10 heteroatoms. The number of hydrogen-bond acceptors (Lipinski definition) is 4. The first-order valence-electron chi connectivity index (χ1n) is 8.77. The second-order valence-corrected chi connectivity index (χ2v) is 6.56. The summed E-state index contributed by atoms with van der Waals surface area (Å²) in [4.78, 5) is 24.9. The van der Waals surface area contributed by atoms with E-state index in [1.54, 1.807) is 19.1 Å². The molecule has 1 heterocycles. The fourth-order valence-electron chi connectivity index (χ4n) is 2.84. The summed E-state index contributed by atoms with van der Waals surface area (Å²) in [5, 5.41) is 6.78. The van der Waals surface area contributed by atoms with Gasteiger partial charge in [-0.2, -0.15) is 18.3 Å². The maximum absolute atomic E-state index is 12.8. The van der Waals surface area contributed by atoms with Crippen LogP contribution in [0.25, 0.3) is 5.69 Å². The normalized spacial score (nSPS) is 12.1. The standard InChI is InChI=1S/C20H18F3N5O2/c1-11(25-26-18(29)13-3-7-15(24)8-4-13)17-12(2)27-28(19(17)30)16-9-5-14(6-10-16)20(21,22)23/h3-10,27H,24H2,1-2H3,(H,26,29)/b25-11-. The zero-order valence-corrected chi connectivity index (χ0v) is 16.0. The zero-order valence-electron chi connectivity index (χ0n) is 16.0. The van der Waals surface area contributed by atoms with Crippen LogP contribution in [-0.4, -0.2) is 21.4 Å². The number of nitrogen functional groups attached to an aromatic ring is 1. The number of carbonyl (C=O) groups excluding carboxylic acids is 1. The van der Waals surface area contributed by atoms with Gasteiger partial charge in [-0.25, -0.2) is 10.1 Å². The Morgan fingerprint density at radius 2 is 1.70 bits per heavy atom. The first kappa shape index (κ1) is 20.9.